The third-order valence-electron chi connectivity index (χ3n) is 5.62. The molecule has 2 heterocycles. The molecule has 2 aromatic heterocycles. The second kappa shape index (κ2) is 8.47. The van der Waals surface area contributed by atoms with Gasteiger partial charge in [-0.15, -0.1) is 11.3 Å². The van der Waals surface area contributed by atoms with E-state index in [1.54, 1.807) is 24.4 Å². The number of methoxy groups -OCH3 is 1. The van der Waals surface area contributed by atoms with E-state index < -0.39 is 21.9 Å². The Kier molecular flexibility index (Phi) is 5.90. The summed E-state index contributed by atoms with van der Waals surface area (Å²) in [6.45, 7) is 1.64. The van der Waals surface area contributed by atoms with Crippen molar-refractivity contribution in [2.24, 2.45) is 5.92 Å². The fourth-order valence-electron chi connectivity index (χ4n) is 4.09. The van der Waals surface area contributed by atoms with Crippen molar-refractivity contribution in [2.45, 2.75) is 43.2 Å². The molecule has 0 radical (unpaired) electrons. The first-order chi connectivity index (χ1) is 14.8. The summed E-state index contributed by atoms with van der Waals surface area (Å²) in [6, 6.07) is 7.76. The molecule has 164 valence electrons. The van der Waals surface area contributed by atoms with Gasteiger partial charge < -0.3 is 9.15 Å². The standard InChI is InChI=1S/C22H23NO6S2/c1-14-20(22(25)28-2)17-13-16(10-11-18(17)29-14)23(21(24)15-7-4-3-5-8-15)31(26,27)19-9-6-12-30-19/h6,9-13,15H,3-5,7-8H2,1-2H3. The van der Waals surface area contributed by atoms with Gasteiger partial charge in [-0.1, -0.05) is 25.3 Å². The average Bonchev–Trinajstić information content (AvgIpc) is 3.41. The molecule has 0 atom stereocenters. The molecule has 1 amide bonds. The van der Waals surface area contributed by atoms with Crippen LogP contribution < -0.4 is 4.31 Å². The lowest BCUT2D eigenvalue weighted by molar-refractivity contribution is -0.122. The highest BCUT2D eigenvalue weighted by atomic mass is 32.2. The quantitative estimate of drug-likeness (QED) is 0.502. The van der Waals surface area contributed by atoms with Crippen LogP contribution in [0.1, 0.15) is 48.2 Å². The number of hydrogen-bond acceptors (Lipinski definition) is 7. The maximum absolute atomic E-state index is 13.5. The molecule has 4 rings (SSSR count). The number of hydrogen-bond donors (Lipinski definition) is 0. The van der Waals surface area contributed by atoms with Gasteiger partial charge in [-0.2, -0.15) is 8.42 Å². The van der Waals surface area contributed by atoms with Gasteiger partial charge in [-0.05, 0) is 49.4 Å². The number of carbonyl (C=O) groups excluding carboxylic acids is 2. The van der Waals surface area contributed by atoms with Gasteiger partial charge in [0.1, 0.15) is 21.1 Å². The van der Waals surface area contributed by atoms with Crippen LogP contribution >= 0.6 is 11.3 Å². The Hall–Kier alpha value is -2.65. The van der Waals surface area contributed by atoms with Crippen LogP contribution in [0, 0.1) is 12.8 Å². The van der Waals surface area contributed by atoms with Crippen LogP contribution in [0.5, 0.6) is 0 Å². The van der Waals surface area contributed by atoms with E-state index in [4.69, 9.17) is 9.15 Å². The molecule has 1 aliphatic carbocycles. The minimum atomic E-state index is -4.10. The zero-order valence-electron chi connectivity index (χ0n) is 17.3. The minimum Gasteiger partial charge on any atom is -0.465 e. The molecule has 0 unspecified atom stereocenters. The van der Waals surface area contributed by atoms with Gasteiger partial charge in [0.05, 0.1) is 12.8 Å². The second-order valence-corrected chi connectivity index (χ2v) is 10.5. The Morgan fingerprint density at radius 2 is 1.90 bits per heavy atom. The summed E-state index contributed by atoms with van der Waals surface area (Å²) in [7, 11) is -2.84. The number of esters is 1. The molecule has 7 nitrogen and oxygen atoms in total. The van der Waals surface area contributed by atoms with Crippen LogP contribution in [-0.4, -0.2) is 27.4 Å². The lowest BCUT2D eigenvalue weighted by Crippen LogP contribution is -2.41. The number of benzene rings is 1. The lowest BCUT2D eigenvalue weighted by atomic mass is 9.88. The maximum atomic E-state index is 13.5. The van der Waals surface area contributed by atoms with E-state index in [1.165, 1.54) is 25.3 Å². The topological polar surface area (TPSA) is 93.9 Å². The number of aryl methyl sites for hydroxylation is 1. The number of sulfonamides is 1. The van der Waals surface area contributed by atoms with Crippen LogP contribution in [0.4, 0.5) is 5.69 Å². The van der Waals surface area contributed by atoms with Crippen molar-refractivity contribution < 1.29 is 27.2 Å². The Balaban J connectivity index is 1.88. The monoisotopic (exact) mass is 461 g/mol. The number of fused-ring (bicyclic) bond motifs is 1. The first-order valence-corrected chi connectivity index (χ1v) is 12.4. The maximum Gasteiger partial charge on any atom is 0.342 e. The summed E-state index contributed by atoms with van der Waals surface area (Å²) in [5.74, 6) is -1.01. The number of thiophene rings is 1. The molecule has 1 aliphatic rings. The fraction of sp³-hybridized carbons (Fsp3) is 0.364. The first kappa shape index (κ1) is 21.6. The number of amides is 1. The summed E-state index contributed by atoms with van der Waals surface area (Å²) in [5, 5.41) is 2.07. The number of rotatable bonds is 5. The highest BCUT2D eigenvalue weighted by molar-refractivity contribution is 7.95. The molecule has 0 aliphatic heterocycles. The Labute approximate surface area is 184 Å². The molecule has 31 heavy (non-hydrogen) atoms. The van der Waals surface area contributed by atoms with Gasteiger partial charge in [0.2, 0.25) is 5.91 Å². The van der Waals surface area contributed by atoms with Crippen LogP contribution in [-0.2, 0) is 19.6 Å². The molecule has 3 aromatic rings. The summed E-state index contributed by atoms with van der Waals surface area (Å²) in [4.78, 5) is 25.8. The molecule has 1 aromatic carbocycles. The van der Waals surface area contributed by atoms with Crippen molar-refractivity contribution in [3.05, 3.63) is 47.0 Å². The number of furan rings is 1. The van der Waals surface area contributed by atoms with E-state index in [0.29, 0.717) is 29.6 Å². The normalized spacial score (nSPS) is 15.2. The first-order valence-electron chi connectivity index (χ1n) is 10.1. The molecule has 0 spiro atoms. The molecular formula is C22H23NO6S2. The molecule has 0 saturated heterocycles. The third-order valence-corrected chi connectivity index (χ3v) is 8.71. The summed E-state index contributed by atoms with van der Waals surface area (Å²) in [5.41, 5.74) is 0.820. The van der Waals surface area contributed by atoms with Crippen molar-refractivity contribution in [2.75, 3.05) is 11.4 Å². The zero-order chi connectivity index (χ0) is 22.2. The molecule has 0 bridgehead atoms. The van der Waals surface area contributed by atoms with Gasteiger partial charge >= 0.3 is 5.97 Å². The van der Waals surface area contributed by atoms with Gasteiger partial charge in [0.25, 0.3) is 10.0 Å². The number of carbonyl (C=O) groups is 2. The summed E-state index contributed by atoms with van der Waals surface area (Å²) < 4.78 is 38.5. The summed E-state index contributed by atoms with van der Waals surface area (Å²) in [6.07, 6.45) is 4.17. The van der Waals surface area contributed by atoms with E-state index in [0.717, 1.165) is 34.9 Å². The van der Waals surface area contributed by atoms with E-state index in [-0.39, 0.29) is 21.4 Å². The van der Waals surface area contributed by atoms with E-state index >= 15 is 0 Å². The highest BCUT2D eigenvalue weighted by Gasteiger charge is 2.37. The third kappa shape index (κ3) is 3.87. The fourth-order valence-corrected chi connectivity index (χ4v) is 6.62. The minimum absolute atomic E-state index is 0.0910. The number of ether oxygens (including phenoxy) is 1. The molecule has 1 fully saturated rings. The van der Waals surface area contributed by atoms with Gasteiger partial charge in [0, 0.05) is 11.3 Å². The second-order valence-electron chi connectivity index (χ2n) is 7.58. The molecule has 1 saturated carbocycles. The van der Waals surface area contributed by atoms with E-state index in [1.807, 2.05) is 0 Å². The van der Waals surface area contributed by atoms with Crippen molar-refractivity contribution in [1.29, 1.82) is 0 Å². The Morgan fingerprint density at radius 1 is 1.16 bits per heavy atom. The number of anilines is 1. The number of nitrogens with zero attached hydrogens (tertiary/aromatic N) is 1. The van der Waals surface area contributed by atoms with Gasteiger partial charge in [-0.3, -0.25) is 4.79 Å². The predicted molar refractivity (Wildman–Crippen MR) is 118 cm³/mol. The van der Waals surface area contributed by atoms with Gasteiger partial charge in [0.15, 0.2) is 0 Å². The highest BCUT2D eigenvalue weighted by Crippen LogP contribution is 2.36. The predicted octanol–water partition coefficient (Wildman–Crippen LogP) is 4.89. The van der Waals surface area contributed by atoms with Crippen molar-refractivity contribution in [3.8, 4) is 0 Å². The van der Waals surface area contributed by atoms with Crippen molar-refractivity contribution in [3.63, 3.8) is 0 Å². The molecule has 9 heteroatoms. The summed E-state index contributed by atoms with van der Waals surface area (Å²) >= 11 is 1.06. The smallest absolute Gasteiger partial charge is 0.342 e. The average molecular weight is 462 g/mol. The SMILES string of the molecule is COC(=O)c1c(C)oc2ccc(N(C(=O)C3CCCCC3)S(=O)(=O)c3cccs3)cc12. The van der Waals surface area contributed by atoms with Crippen LogP contribution in [0.15, 0.2) is 44.3 Å². The van der Waals surface area contributed by atoms with Crippen molar-refractivity contribution in [1.82, 2.24) is 0 Å². The van der Waals surface area contributed by atoms with E-state index in [9.17, 15) is 18.0 Å². The zero-order valence-corrected chi connectivity index (χ0v) is 18.9. The molecular weight excluding hydrogens is 438 g/mol. The van der Waals surface area contributed by atoms with Crippen molar-refractivity contribution >= 4 is 49.9 Å². The van der Waals surface area contributed by atoms with E-state index in [2.05, 4.69) is 0 Å². The largest absolute Gasteiger partial charge is 0.465 e. The van der Waals surface area contributed by atoms with Crippen LogP contribution in [0.3, 0.4) is 0 Å². The Bertz CT molecular complexity index is 1220. The van der Waals surface area contributed by atoms with Gasteiger partial charge in [-0.25, -0.2) is 9.10 Å². The van der Waals surface area contributed by atoms with Crippen LogP contribution in [0.2, 0.25) is 0 Å². The van der Waals surface area contributed by atoms with Crippen LogP contribution in [0.25, 0.3) is 11.0 Å². The lowest BCUT2D eigenvalue weighted by Gasteiger charge is -2.28. The molecule has 0 N–H and O–H groups in total. The Morgan fingerprint density at radius 3 is 2.55 bits per heavy atom.